The van der Waals surface area contributed by atoms with Gasteiger partial charge in [0, 0.05) is 0 Å². The minimum Gasteiger partial charge on any atom is -0.481 e. The summed E-state index contributed by atoms with van der Waals surface area (Å²) in [5, 5.41) is 36.1. The van der Waals surface area contributed by atoms with Crippen molar-refractivity contribution in [3.63, 3.8) is 0 Å². The van der Waals surface area contributed by atoms with E-state index in [1.54, 1.807) is 0 Å². The Balaban J connectivity index is 3.09. The number of rotatable bonds is 6. The lowest BCUT2D eigenvalue weighted by Crippen LogP contribution is -2.44. The second-order valence-corrected chi connectivity index (χ2v) is 4.95. The quantitative estimate of drug-likeness (QED) is 0.547. The normalized spacial score (nSPS) is 27.5. The van der Waals surface area contributed by atoms with Crippen LogP contribution in [-0.2, 0) is 19.2 Å². The summed E-state index contributed by atoms with van der Waals surface area (Å²) in [5.41, 5.74) is 0. The molecule has 0 aromatic rings. The van der Waals surface area contributed by atoms with Crippen molar-refractivity contribution in [3.8, 4) is 0 Å². The third-order valence-electron chi connectivity index (χ3n) is 3.78. The van der Waals surface area contributed by atoms with Crippen LogP contribution in [0.25, 0.3) is 0 Å². The van der Waals surface area contributed by atoms with Crippen molar-refractivity contribution in [2.24, 2.45) is 23.7 Å². The van der Waals surface area contributed by atoms with Gasteiger partial charge in [-0.1, -0.05) is 6.42 Å². The van der Waals surface area contributed by atoms with E-state index in [1.807, 2.05) is 0 Å². The molecule has 20 heavy (non-hydrogen) atoms. The third-order valence-corrected chi connectivity index (χ3v) is 3.78. The van der Waals surface area contributed by atoms with Gasteiger partial charge in [-0.25, -0.2) is 0 Å². The molecule has 0 amide bonds. The van der Waals surface area contributed by atoms with Gasteiger partial charge >= 0.3 is 23.9 Å². The van der Waals surface area contributed by atoms with Gasteiger partial charge in [0.25, 0.3) is 0 Å². The van der Waals surface area contributed by atoms with E-state index in [0.717, 1.165) is 0 Å². The number of carboxylic acids is 4. The lowest BCUT2D eigenvalue weighted by molar-refractivity contribution is -0.164. The van der Waals surface area contributed by atoms with E-state index in [2.05, 4.69) is 0 Å². The summed E-state index contributed by atoms with van der Waals surface area (Å²) < 4.78 is 0. The molecule has 0 spiro atoms. The summed E-state index contributed by atoms with van der Waals surface area (Å²) in [7, 11) is 0. The van der Waals surface area contributed by atoms with Crippen LogP contribution < -0.4 is 0 Å². The highest BCUT2D eigenvalue weighted by atomic mass is 16.4. The van der Waals surface area contributed by atoms with Gasteiger partial charge in [0.1, 0.15) is 0 Å². The first-order valence-corrected chi connectivity index (χ1v) is 6.16. The van der Waals surface area contributed by atoms with Crippen LogP contribution in [0, 0.1) is 23.7 Å². The van der Waals surface area contributed by atoms with Gasteiger partial charge in [-0.05, 0) is 18.8 Å². The Labute approximate surface area is 114 Å². The maximum absolute atomic E-state index is 11.3. The van der Waals surface area contributed by atoms with Gasteiger partial charge in [-0.3, -0.25) is 19.2 Å². The molecule has 0 radical (unpaired) electrons. The van der Waals surface area contributed by atoms with Crippen LogP contribution >= 0.6 is 0 Å². The zero-order chi connectivity index (χ0) is 15.4. The van der Waals surface area contributed by atoms with Crippen LogP contribution in [0.5, 0.6) is 0 Å². The first-order chi connectivity index (χ1) is 9.25. The Morgan fingerprint density at radius 2 is 1.55 bits per heavy atom. The third kappa shape index (κ3) is 3.46. The number of carbonyl (C=O) groups is 4. The smallest absolute Gasteiger partial charge is 0.307 e. The Hall–Kier alpha value is -2.12. The fourth-order valence-corrected chi connectivity index (χ4v) is 2.92. The van der Waals surface area contributed by atoms with E-state index >= 15 is 0 Å². The summed E-state index contributed by atoms with van der Waals surface area (Å²) in [6.45, 7) is 0. The fourth-order valence-electron chi connectivity index (χ4n) is 2.92. The van der Waals surface area contributed by atoms with Gasteiger partial charge in [-0.2, -0.15) is 0 Å². The van der Waals surface area contributed by atoms with Crippen LogP contribution in [0.4, 0.5) is 0 Å². The standard InChI is InChI=1S/C12H16O8/c13-8(14)4-7(11(17)18)5-2-1-3-6(10(15)16)9(5)12(19)20/h5-7,9H,1-4H2,(H,13,14)(H,15,16)(H,17,18)(H,19,20). The topological polar surface area (TPSA) is 149 Å². The molecule has 0 saturated heterocycles. The predicted octanol–water partition coefficient (Wildman–Crippen LogP) is 0.364. The highest BCUT2D eigenvalue weighted by Crippen LogP contribution is 2.40. The van der Waals surface area contributed by atoms with E-state index < -0.39 is 54.0 Å². The van der Waals surface area contributed by atoms with E-state index in [-0.39, 0.29) is 12.8 Å². The van der Waals surface area contributed by atoms with E-state index in [9.17, 15) is 24.3 Å². The van der Waals surface area contributed by atoms with Crippen LogP contribution in [0.1, 0.15) is 25.7 Å². The average Bonchev–Trinajstić information content (AvgIpc) is 2.34. The van der Waals surface area contributed by atoms with Crippen LogP contribution in [0.2, 0.25) is 0 Å². The second-order valence-electron chi connectivity index (χ2n) is 4.95. The van der Waals surface area contributed by atoms with Crippen molar-refractivity contribution >= 4 is 23.9 Å². The molecule has 4 unspecified atom stereocenters. The summed E-state index contributed by atoms with van der Waals surface area (Å²) in [4.78, 5) is 44.3. The van der Waals surface area contributed by atoms with Gasteiger partial charge in [-0.15, -0.1) is 0 Å². The van der Waals surface area contributed by atoms with Crippen LogP contribution in [-0.4, -0.2) is 44.3 Å². The van der Waals surface area contributed by atoms with Crippen molar-refractivity contribution in [1.29, 1.82) is 0 Å². The Kier molecular flexibility index (Phi) is 5.06. The molecule has 1 rings (SSSR count). The molecule has 0 aromatic heterocycles. The summed E-state index contributed by atoms with van der Waals surface area (Å²) in [6.07, 6.45) is 0.0120. The van der Waals surface area contributed by atoms with E-state index in [1.165, 1.54) is 0 Å². The zero-order valence-electron chi connectivity index (χ0n) is 10.6. The summed E-state index contributed by atoms with van der Waals surface area (Å²) in [6, 6.07) is 0. The molecule has 8 heteroatoms. The fraction of sp³-hybridized carbons (Fsp3) is 0.667. The molecule has 1 fully saturated rings. The molecule has 112 valence electrons. The summed E-state index contributed by atoms with van der Waals surface area (Å²) in [5.74, 6) is -10.4. The van der Waals surface area contributed by atoms with Crippen molar-refractivity contribution < 1.29 is 39.6 Å². The van der Waals surface area contributed by atoms with Crippen LogP contribution in [0.15, 0.2) is 0 Å². The minimum absolute atomic E-state index is 0.155. The number of carboxylic acid groups (broad SMARTS) is 4. The Bertz CT molecular complexity index is 429. The molecule has 1 aliphatic carbocycles. The largest absolute Gasteiger partial charge is 0.481 e. The molecule has 8 nitrogen and oxygen atoms in total. The van der Waals surface area contributed by atoms with Crippen molar-refractivity contribution in [1.82, 2.24) is 0 Å². The monoisotopic (exact) mass is 288 g/mol. The number of hydrogen-bond acceptors (Lipinski definition) is 4. The first-order valence-electron chi connectivity index (χ1n) is 6.16. The van der Waals surface area contributed by atoms with Crippen molar-refractivity contribution in [2.45, 2.75) is 25.7 Å². The maximum Gasteiger partial charge on any atom is 0.307 e. The molecule has 1 saturated carbocycles. The first kappa shape index (κ1) is 15.9. The van der Waals surface area contributed by atoms with Crippen LogP contribution in [0.3, 0.4) is 0 Å². The molecule has 4 atom stereocenters. The van der Waals surface area contributed by atoms with Gasteiger partial charge in [0.05, 0.1) is 24.2 Å². The lowest BCUT2D eigenvalue weighted by atomic mass is 9.66. The molecule has 0 aliphatic heterocycles. The molecule has 4 N–H and O–H groups in total. The zero-order valence-corrected chi connectivity index (χ0v) is 10.6. The molecule has 0 heterocycles. The van der Waals surface area contributed by atoms with Gasteiger partial charge in [0.2, 0.25) is 0 Å². The average molecular weight is 288 g/mol. The molecule has 1 aliphatic rings. The Morgan fingerprint density at radius 3 is 1.95 bits per heavy atom. The van der Waals surface area contributed by atoms with Crippen molar-refractivity contribution in [2.75, 3.05) is 0 Å². The number of aliphatic carboxylic acids is 4. The highest BCUT2D eigenvalue weighted by molar-refractivity contribution is 5.83. The predicted molar refractivity (Wildman–Crippen MR) is 63.0 cm³/mol. The maximum atomic E-state index is 11.3. The SMILES string of the molecule is O=C(O)CC(C(=O)O)C1CCCC(C(=O)O)C1C(=O)O. The van der Waals surface area contributed by atoms with E-state index in [4.69, 9.17) is 15.3 Å². The molecular formula is C12H16O8. The van der Waals surface area contributed by atoms with E-state index in [0.29, 0.717) is 6.42 Å². The Morgan fingerprint density at radius 1 is 0.950 bits per heavy atom. The van der Waals surface area contributed by atoms with Crippen molar-refractivity contribution in [3.05, 3.63) is 0 Å². The minimum atomic E-state index is -1.41. The van der Waals surface area contributed by atoms with Gasteiger partial charge in [0.15, 0.2) is 0 Å². The second kappa shape index (κ2) is 6.36. The molecule has 0 aromatic carbocycles. The highest BCUT2D eigenvalue weighted by Gasteiger charge is 2.47. The molecule has 0 bridgehead atoms. The molecular weight excluding hydrogens is 272 g/mol. The number of hydrogen-bond donors (Lipinski definition) is 4. The summed E-state index contributed by atoms with van der Waals surface area (Å²) >= 11 is 0. The van der Waals surface area contributed by atoms with Gasteiger partial charge < -0.3 is 20.4 Å². The lowest BCUT2D eigenvalue weighted by Gasteiger charge is -2.36.